The van der Waals surface area contributed by atoms with Crippen LogP contribution in [0.15, 0.2) is 29.2 Å². The van der Waals surface area contributed by atoms with Gasteiger partial charge in [-0.15, -0.1) is 0 Å². The van der Waals surface area contributed by atoms with Crippen LogP contribution in [0.3, 0.4) is 0 Å². The summed E-state index contributed by atoms with van der Waals surface area (Å²) in [6.45, 7) is 1.92. The van der Waals surface area contributed by atoms with E-state index in [2.05, 4.69) is 10.3 Å². The van der Waals surface area contributed by atoms with Gasteiger partial charge in [0.15, 0.2) is 0 Å². The average molecular weight is 358 g/mol. The Kier molecular flexibility index (Phi) is 4.97. The van der Waals surface area contributed by atoms with Crippen LogP contribution in [0.4, 0.5) is 4.79 Å². The number of fused-ring (bicyclic) bond motifs is 1. The molecule has 3 rings (SSSR count). The molecule has 3 heterocycles. The second kappa shape index (κ2) is 7.34. The first-order valence-corrected chi connectivity index (χ1v) is 8.17. The lowest BCUT2D eigenvalue weighted by molar-refractivity contribution is -0.145. The van der Waals surface area contributed by atoms with Crippen molar-refractivity contribution in [2.45, 2.75) is 26.4 Å². The Labute approximate surface area is 148 Å². The maximum Gasteiger partial charge on any atom is 0.324 e. The van der Waals surface area contributed by atoms with Gasteiger partial charge in [-0.1, -0.05) is 6.07 Å². The fraction of sp³-hybridized carbons (Fsp3) is 0.353. The molecule has 1 fully saturated rings. The van der Waals surface area contributed by atoms with Gasteiger partial charge in [0, 0.05) is 25.2 Å². The van der Waals surface area contributed by atoms with Gasteiger partial charge in [-0.05, 0) is 25.0 Å². The third-order valence-corrected chi connectivity index (χ3v) is 3.94. The van der Waals surface area contributed by atoms with Crippen molar-refractivity contribution in [1.29, 1.82) is 0 Å². The van der Waals surface area contributed by atoms with Gasteiger partial charge in [0.2, 0.25) is 5.91 Å². The quantitative estimate of drug-likeness (QED) is 0.590. The Morgan fingerprint density at radius 2 is 2.12 bits per heavy atom. The van der Waals surface area contributed by atoms with Crippen molar-refractivity contribution in [1.82, 2.24) is 19.6 Å². The molecule has 3 amide bonds. The number of nitrogens with one attached hydrogen (secondary N) is 1. The molecule has 9 heteroatoms. The van der Waals surface area contributed by atoms with E-state index in [1.807, 2.05) is 13.0 Å². The molecule has 1 aliphatic heterocycles. The lowest BCUT2D eigenvalue weighted by Gasteiger charge is -2.11. The van der Waals surface area contributed by atoms with Crippen molar-refractivity contribution in [3.05, 3.63) is 46.0 Å². The third kappa shape index (κ3) is 3.88. The summed E-state index contributed by atoms with van der Waals surface area (Å²) in [5.74, 6) is -0.789. The number of amides is 3. The number of ether oxygens (including phenoxy) is 1. The van der Waals surface area contributed by atoms with Crippen molar-refractivity contribution < 1.29 is 19.1 Å². The third-order valence-electron chi connectivity index (χ3n) is 3.94. The zero-order valence-electron chi connectivity index (χ0n) is 14.2. The Morgan fingerprint density at radius 3 is 2.85 bits per heavy atom. The van der Waals surface area contributed by atoms with Gasteiger partial charge >= 0.3 is 12.0 Å². The summed E-state index contributed by atoms with van der Waals surface area (Å²) in [5.41, 5.74) is 1.53. The number of pyridine rings is 1. The van der Waals surface area contributed by atoms with E-state index in [0.29, 0.717) is 17.8 Å². The molecule has 0 radical (unpaired) electrons. The molecule has 0 bridgehead atoms. The molecule has 1 N–H and O–H groups in total. The van der Waals surface area contributed by atoms with Gasteiger partial charge in [0.25, 0.3) is 5.56 Å². The highest BCUT2D eigenvalue weighted by Crippen LogP contribution is 2.06. The minimum absolute atomic E-state index is 0.00796. The van der Waals surface area contributed by atoms with Crippen molar-refractivity contribution >= 4 is 23.6 Å². The molecule has 2 aromatic rings. The predicted octanol–water partition coefficient (Wildman–Crippen LogP) is 0.378. The van der Waals surface area contributed by atoms with Gasteiger partial charge in [-0.2, -0.15) is 0 Å². The first kappa shape index (κ1) is 17.6. The fourth-order valence-electron chi connectivity index (χ4n) is 2.62. The molecule has 26 heavy (non-hydrogen) atoms. The van der Waals surface area contributed by atoms with Crippen LogP contribution in [0.1, 0.15) is 24.1 Å². The summed E-state index contributed by atoms with van der Waals surface area (Å²) in [6.07, 6.45) is 2.06. The largest absolute Gasteiger partial charge is 0.459 e. The number of carbonyl (C=O) groups excluding carboxylic acids is 3. The van der Waals surface area contributed by atoms with E-state index in [-0.39, 0.29) is 37.6 Å². The van der Waals surface area contributed by atoms with Crippen molar-refractivity contribution in [2.75, 3.05) is 13.1 Å². The van der Waals surface area contributed by atoms with Crippen LogP contribution in [0.25, 0.3) is 5.65 Å². The van der Waals surface area contributed by atoms with Gasteiger partial charge in [-0.25, -0.2) is 9.78 Å². The number of carbonyl (C=O) groups is 3. The number of hydrogen-bond donors (Lipinski definition) is 1. The van der Waals surface area contributed by atoms with E-state index in [4.69, 9.17) is 4.74 Å². The van der Waals surface area contributed by atoms with E-state index in [9.17, 15) is 19.2 Å². The van der Waals surface area contributed by atoms with Gasteiger partial charge in [0.05, 0.1) is 12.2 Å². The first-order valence-electron chi connectivity index (χ1n) is 8.17. The molecule has 0 aliphatic carbocycles. The van der Waals surface area contributed by atoms with Crippen molar-refractivity contribution in [3.8, 4) is 0 Å². The summed E-state index contributed by atoms with van der Waals surface area (Å²) in [7, 11) is 0. The van der Waals surface area contributed by atoms with Crippen molar-refractivity contribution in [2.24, 2.45) is 0 Å². The maximum atomic E-state index is 12.1. The van der Waals surface area contributed by atoms with E-state index in [1.54, 1.807) is 12.3 Å². The standard InChI is InChI=1S/C17H18N4O5/c1-11-4-5-13-19-12(7-14(22)21(13)9-11)10-26-16(24)3-2-6-20-15(23)8-18-17(20)25/h4-5,7,9H,2-3,6,8,10H2,1H3,(H,18,25). The number of rotatable bonds is 6. The monoisotopic (exact) mass is 358 g/mol. The average Bonchev–Trinajstić information content (AvgIpc) is 2.92. The number of nitrogens with zero attached hydrogens (tertiary/aromatic N) is 3. The molecule has 0 atom stereocenters. The number of esters is 1. The summed E-state index contributed by atoms with van der Waals surface area (Å²) in [5, 5.41) is 2.41. The van der Waals surface area contributed by atoms with Crippen LogP contribution in [0, 0.1) is 6.92 Å². The van der Waals surface area contributed by atoms with Crippen LogP contribution in [-0.4, -0.2) is 45.3 Å². The SMILES string of the molecule is Cc1ccc2nc(COC(=O)CCCN3C(=O)CNC3=O)cc(=O)n2c1. The topological polar surface area (TPSA) is 110 Å². The van der Waals surface area contributed by atoms with Crippen LogP contribution in [-0.2, 0) is 20.9 Å². The van der Waals surface area contributed by atoms with E-state index >= 15 is 0 Å². The molecule has 0 unspecified atom stereocenters. The lowest BCUT2D eigenvalue weighted by atomic mass is 10.3. The van der Waals surface area contributed by atoms with E-state index < -0.39 is 12.0 Å². The van der Waals surface area contributed by atoms with Gasteiger partial charge in [-0.3, -0.25) is 23.7 Å². The molecule has 1 saturated heterocycles. The minimum atomic E-state index is -0.483. The highest BCUT2D eigenvalue weighted by molar-refractivity contribution is 6.01. The van der Waals surface area contributed by atoms with Crippen LogP contribution in [0.2, 0.25) is 0 Å². The Balaban J connectivity index is 1.52. The van der Waals surface area contributed by atoms with Gasteiger partial charge < -0.3 is 10.1 Å². The molecule has 0 saturated carbocycles. The minimum Gasteiger partial charge on any atom is -0.459 e. The molecule has 0 aromatic carbocycles. The molecular formula is C17H18N4O5. The molecule has 136 valence electrons. The number of urea groups is 1. The fourth-order valence-corrected chi connectivity index (χ4v) is 2.62. The highest BCUT2D eigenvalue weighted by Gasteiger charge is 2.27. The number of imide groups is 1. The second-order valence-corrected chi connectivity index (χ2v) is 5.99. The molecule has 2 aromatic heterocycles. The normalized spacial score (nSPS) is 14.0. The summed E-state index contributed by atoms with van der Waals surface area (Å²) in [6, 6.07) is 4.44. The number of hydrogen-bond acceptors (Lipinski definition) is 6. The first-order chi connectivity index (χ1) is 12.4. The lowest BCUT2D eigenvalue weighted by Crippen LogP contribution is -2.32. The molecule has 0 spiro atoms. The van der Waals surface area contributed by atoms with Crippen LogP contribution >= 0.6 is 0 Å². The Hall–Kier alpha value is -3.23. The molecular weight excluding hydrogens is 340 g/mol. The van der Waals surface area contributed by atoms with Gasteiger partial charge in [0.1, 0.15) is 12.3 Å². The van der Waals surface area contributed by atoms with Crippen LogP contribution in [0.5, 0.6) is 0 Å². The Morgan fingerprint density at radius 1 is 1.31 bits per heavy atom. The zero-order valence-corrected chi connectivity index (χ0v) is 14.2. The summed E-state index contributed by atoms with van der Waals surface area (Å²) < 4.78 is 6.55. The Bertz CT molecular complexity index is 920. The van der Waals surface area contributed by atoms with Crippen LogP contribution < -0.4 is 10.9 Å². The summed E-state index contributed by atoms with van der Waals surface area (Å²) >= 11 is 0. The second-order valence-electron chi connectivity index (χ2n) is 5.99. The number of aryl methyl sites for hydroxylation is 1. The molecule has 1 aliphatic rings. The van der Waals surface area contributed by atoms with E-state index in [1.165, 1.54) is 10.5 Å². The zero-order chi connectivity index (χ0) is 18.7. The summed E-state index contributed by atoms with van der Waals surface area (Å²) in [4.78, 5) is 52.0. The predicted molar refractivity (Wildman–Crippen MR) is 90.3 cm³/mol. The highest BCUT2D eigenvalue weighted by atomic mass is 16.5. The number of aromatic nitrogens is 2. The molecule has 9 nitrogen and oxygen atoms in total. The maximum absolute atomic E-state index is 12.1. The smallest absolute Gasteiger partial charge is 0.324 e. The van der Waals surface area contributed by atoms with E-state index in [0.717, 1.165) is 10.5 Å². The van der Waals surface area contributed by atoms with Crippen molar-refractivity contribution in [3.63, 3.8) is 0 Å².